The standard InChI is InChI=1S/C23H16F4N4O3/c1-13-10-19(31(30-13)15-8-6-14(24)7-9-15)29-20(32)12-34-22(33)17-11-28-18-5-3-2-4-16(18)21(17)23(25,26)27/h2-11H,12H2,1H3,(H,29,32). The van der Waals surface area contributed by atoms with Gasteiger partial charge in [0.05, 0.1) is 28.0 Å². The van der Waals surface area contributed by atoms with E-state index >= 15 is 0 Å². The average Bonchev–Trinajstić information content (AvgIpc) is 3.16. The topological polar surface area (TPSA) is 86.1 Å². The molecule has 0 radical (unpaired) electrons. The Labute approximate surface area is 190 Å². The van der Waals surface area contributed by atoms with Crippen molar-refractivity contribution in [1.29, 1.82) is 0 Å². The van der Waals surface area contributed by atoms with E-state index in [9.17, 15) is 27.2 Å². The number of nitrogens with zero attached hydrogens (tertiary/aromatic N) is 3. The van der Waals surface area contributed by atoms with E-state index in [1.165, 1.54) is 59.3 Å². The number of anilines is 1. The predicted molar refractivity (Wildman–Crippen MR) is 114 cm³/mol. The lowest BCUT2D eigenvalue weighted by Crippen LogP contribution is -2.24. The fraction of sp³-hybridized carbons (Fsp3) is 0.130. The minimum absolute atomic E-state index is 0.0635. The number of hydrogen-bond acceptors (Lipinski definition) is 5. The molecule has 0 aliphatic heterocycles. The molecule has 7 nitrogen and oxygen atoms in total. The minimum Gasteiger partial charge on any atom is -0.452 e. The van der Waals surface area contributed by atoms with Gasteiger partial charge in [-0.2, -0.15) is 18.3 Å². The molecule has 0 bridgehead atoms. The van der Waals surface area contributed by atoms with Gasteiger partial charge in [0.25, 0.3) is 5.91 Å². The highest BCUT2D eigenvalue weighted by atomic mass is 19.4. The molecule has 174 valence electrons. The number of ether oxygens (including phenoxy) is 1. The maximum Gasteiger partial charge on any atom is 0.417 e. The molecular formula is C23H16F4N4O3. The van der Waals surface area contributed by atoms with E-state index in [2.05, 4.69) is 15.4 Å². The van der Waals surface area contributed by atoms with Crippen LogP contribution in [0.25, 0.3) is 16.6 Å². The van der Waals surface area contributed by atoms with Gasteiger partial charge in [0.1, 0.15) is 11.6 Å². The van der Waals surface area contributed by atoms with Crippen LogP contribution in [0.2, 0.25) is 0 Å². The van der Waals surface area contributed by atoms with E-state index in [1.54, 1.807) is 6.92 Å². The van der Waals surface area contributed by atoms with E-state index in [4.69, 9.17) is 4.74 Å². The number of hydrogen-bond donors (Lipinski definition) is 1. The summed E-state index contributed by atoms with van der Waals surface area (Å²) in [5, 5.41) is 6.43. The van der Waals surface area contributed by atoms with Gasteiger partial charge in [-0.25, -0.2) is 13.9 Å². The SMILES string of the molecule is Cc1cc(NC(=O)COC(=O)c2cnc3ccccc3c2C(F)(F)F)n(-c2ccc(F)cc2)n1. The van der Waals surface area contributed by atoms with Crippen LogP contribution in [0.4, 0.5) is 23.4 Å². The molecule has 0 spiro atoms. The second-order valence-electron chi connectivity index (χ2n) is 7.25. The van der Waals surface area contributed by atoms with Crippen LogP contribution in [0.3, 0.4) is 0 Å². The van der Waals surface area contributed by atoms with Crippen LogP contribution < -0.4 is 5.32 Å². The van der Waals surface area contributed by atoms with Crippen molar-refractivity contribution in [2.45, 2.75) is 13.1 Å². The summed E-state index contributed by atoms with van der Waals surface area (Å²) in [5.41, 5.74) is -0.930. The Balaban J connectivity index is 1.51. The van der Waals surface area contributed by atoms with Gasteiger partial charge in [0.15, 0.2) is 6.61 Å². The third-order valence-electron chi connectivity index (χ3n) is 4.78. The van der Waals surface area contributed by atoms with Crippen LogP contribution in [-0.2, 0) is 15.7 Å². The monoisotopic (exact) mass is 472 g/mol. The number of amides is 1. The fourth-order valence-electron chi connectivity index (χ4n) is 3.36. The number of aromatic nitrogens is 3. The Kier molecular flexibility index (Phi) is 6.01. The highest BCUT2D eigenvalue weighted by molar-refractivity contribution is 5.99. The molecule has 1 amide bonds. The van der Waals surface area contributed by atoms with Crippen molar-refractivity contribution in [1.82, 2.24) is 14.8 Å². The molecule has 2 heterocycles. The minimum atomic E-state index is -4.85. The van der Waals surface area contributed by atoms with Crippen molar-refractivity contribution in [2.24, 2.45) is 0 Å². The largest absolute Gasteiger partial charge is 0.452 e. The van der Waals surface area contributed by atoms with Gasteiger partial charge >= 0.3 is 12.1 Å². The fourth-order valence-corrected chi connectivity index (χ4v) is 3.36. The van der Waals surface area contributed by atoms with Gasteiger partial charge < -0.3 is 10.1 Å². The first-order valence-corrected chi connectivity index (χ1v) is 9.88. The first kappa shape index (κ1) is 22.9. The molecule has 34 heavy (non-hydrogen) atoms. The molecule has 0 aliphatic carbocycles. The summed E-state index contributed by atoms with van der Waals surface area (Å²) >= 11 is 0. The Hall–Kier alpha value is -4.28. The third kappa shape index (κ3) is 4.72. The molecule has 0 saturated carbocycles. The van der Waals surface area contributed by atoms with Gasteiger partial charge in [0, 0.05) is 17.6 Å². The molecule has 11 heteroatoms. The second-order valence-corrected chi connectivity index (χ2v) is 7.25. The van der Waals surface area contributed by atoms with Crippen molar-refractivity contribution in [3.8, 4) is 5.69 Å². The number of alkyl halides is 3. The van der Waals surface area contributed by atoms with Crippen LogP contribution >= 0.6 is 0 Å². The molecule has 2 aromatic heterocycles. The molecule has 4 rings (SSSR count). The molecule has 0 unspecified atom stereocenters. The summed E-state index contributed by atoms with van der Waals surface area (Å²) in [6.07, 6.45) is -4.07. The molecule has 0 aliphatic rings. The maximum atomic E-state index is 13.7. The van der Waals surface area contributed by atoms with Crippen molar-refractivity contribution >= 4 is 28.6 Å². The number of nitrogens with one attached hydrogen (secondary N) is 1. The number of carbonyl (C=O) groups excluding carboxylic acids is 2. The smallest absolute Gasteiger partial charge is 0.417 e. The van der Waals surface area contributed by atoms with Crippen molar-refractivity contribution in [2.75, 3.05) is 11.9 Å². The number of fused-ring (bicyclic) bond motifs is 1. The summed E-state index contributed by atoms with van der Waals surface area (Å²) in [4.78, 5) is 28.7. The summed E-state index contributed by atoms with van der Waals surface area (Å²) in [5.74, 6) is -2.40. The number of halogens is 4. The van der Waals surface area contributed by atoms with Crippen molar-refractivity contribution < 1.29 is 31.9 Å². The Bertz CT molecular complexity index is 1380. The van der Waals surface area contributed by atoms with Gasteiger partial charge in [-0.05, 0) is 37.3 Å². The molecule has 0 saturated heterocycles. The summed E-state index contributed by atoms with van der Waals surface area (Å²) in [6.45, 7) is 0.817. The summed E-state index contributed by atoms with van der Waals surface area (Å²) in [6, 6.07) is 12.4. The lowest BCUT2D eigenvalue weighted by atomic mass is 10.0. The molecular weight excluding hydrogens is 456 g/mol. The highest BCUT2D eigenvalue weighted by Gasteiger charge is 2.38. The number of esters is 1. The van der Waals surface area contributed by atoms with Gasteiger partial charge in [-0.1, -0.05) is 18.2 Å². The first-order chi connectivity index (χ1) is 16.1. The first-order valence-electron chi connectivity index (χ1n) is 9.88. The number of pyridine rings is 1. The van der Waals surface area contributed by atoms with Gasteiger partial charge in [-0.3, -0.25) is 9.78 Å². The van der Waals surface area contributed by atoms with E-state index in [0.29, 0.717) is 11.4 Å². The van der Waals surface area contributed by atoms with Crippen LogP contribution in [0, 0.1) is 12.7 Å². The zero-order chi connectivity index (χ0) is 24.5. The summed E-state index contributed by atoms with van der Waals surface area (Å²) in [7, 11) is 0. The Morgan fingerprint density at radius 1 is 1.09 bits per heavy atom. The van der Waals surface area contributed by atoms with E-state index < -0.39 is 41.6 Å². The molecule has 2 aromatic carbocycles. The highest BCUT2D eigenvalue weighted by Crippen LogP contribution is 2.37. The number of carbonyl (C=O) groups is 2. The molecule has 0 atom stereocenters. The lowest BCUT2D eigenvalue weighted by Gasteiger charge is -2.15. The van der Waals surface area contributed by atoms with Crippen LogP contribution in [-0.4, -0.2) is 33.2 Å². The van der Waals surface area contributed by atoms with Gasteiger partial charge in [0.2, 0.25) is 0 Å². The maximum absolute atomic E-state index is 13.7. The molecule has 1 N–H and O–H groups in total. The summed E-state index contributed by atoms with van der Waals surface area (Å²) < 4.78 is 60.5. The predicted octanol–water partition coefficient (Wildman–Crippen LogP) is 4.68. The number of para-hydroxylation sites is 1. The molecule has 4 aromatic rings. The Morgan fingerprint density at radius 2 is 1.79 bits per heavy atom. The van der Waals surface area contributed by atoms with Crippen molar-refractivity contribution in [3.63, 3.8) is 0 Å². The molecule has 0 fully saturated rings. The second kappa shape index (κ2) is 8.93. The number of benzene rings is 2. The normalized spacial score (nSPS) is 11.4. The third-order valence-corrected chi connectivity index (χ3v) is 4.78. The number of rotatable bonds is 5. The zero-order valence-electron chi connectivity index (χ0n) is 17.6. The average molecular weight is 472 g/mol. The van der Waals surface area contributed by atoms with Gasteiger partial charge in [-0.15, -0.1) is 0 Å². The van der Waals surface area contributed by atoms with Crippen LogP contribution in [0.15, 0.2) is 60.8 Å². The van der Waals surface area contributed by atoms with Crippen molar-refractivity contribution in [3.05, 3.63) is 83.4 Å². The van der Waals surface area contributed by atoms with E-state index in [-0.39, 0.29) is 16.7 Å². The Morgan fingerprint density at radius 3 is 2.50 bits per heavy atom. The van der Waals surface area contributed by atoms with E-state index in [1.807, 2.05) is 0 Å². The van der Waals surface area contributed by atoms with Crippen LogP contribution in [0.5, 0.6) is 0 Å². The van der Waals surface area contributed by atoms with Crippen LogP contribution in [0.1, 0.15) is 21.6 Å². The van der Waals surface area contributed by atoms with E-state index in [0.717, 1.165) is 6.20 Å². The lowest BCUT2D eigenvalue weighted by molar-refractivity contribution is -0.136. The zero-order valence-corrected chi connectivity index (χ0v) is 17.6. The quantitative estimate of drug-likeness (QED) is 0.337. The number of aryl methyl sites for hydroxylation is 1.